The topological polar surface area (TPSA) is 84.3 Å². The van der Waals surface area contributed by atoms with E-state index < -0.39 is 34.8 Å². The number of ether oxygens (including phenoxy) is 1. The van der Waals surface area contributed by atoms with Gasteiger partial charge in [-0.15, -0.1) is 0 Å². The minimum absolute atomic E-state index is 0.209. The zero-order valence-corrected chi connectivity index (χ0v) is 13.7. The van der Waals surface area contributed by atoms with Crippen molar-refractivity contribution in [3.63, 3.8) is 0 Å². The first-order valence-electron chi connectivity index (χ1n) is 7.34. The van der Waals surface area contributed by atoms with Crippen LogP contribution in [0.3, 0.4) is 0 Å². The summed E-state index contributed by atoms with van der Waals surface area (Å²) in [7, 11) is 0.705. The summed E-state index contributed by atoms with van der Waals surface area (Å²) in [5.74, 6) is -2.58. The Balaban J connectivity index is 2.86. The first-order valence-corrected chi connectivity index (χ1v) is 7.34. The largest absolute Gasteiger partial charge is 0.466 e. The van der Waals surface area contributed by atoms with Crippen LogP contribution in [0.1, 0.15) is 31.0 Å². The van der Waals surface area contributed by atoms with E-state index in [0.29, 0.717) is 7.11 Å². The van der Waals surface area contributed by atoms with Crippen molar-refractivity contribution in [1.29, 1.82) is 0 Å². The van der Waals surface area contributed by atoms with E-state index >= 15 is 0 Å². The Labute approximate surface area is 140 Å². The SMILES string of the molecule is COC(=O)C(O)(c1c(C(C)C)[nH]n(-c2ccccc2)c1=O)C(F)(F)F. The van der Waals surface area contributed by atoms with Gasteiger partial charge in [0.05, 0.1) is 18.4 Å². The van der Waals surface area contributed by atoms with Gasteiger partial charge in [0.1, 0.15) is 0 Å². The van der Waals surface area contributed by atoms with Gasteiger partial charge in [-0.05, 0) is 18.1 Å². The van der Waals surface area contributed by atoms with E-state index in [1.165, 1.54) is 26.0 Å². The fourth-order valence-electron chi connectivity index (χ4n) is 2.49. The number of H-pyrrole nitrogens is 1. The highest BCUT2D eigenvalue weighted by Crippen LogP contribution is 2.41. The molecule has 0 radical (unpaired) electrons. The van der Waals surface area contributed by atoms with Crippen molar-refractivity contribution in [2.75, 3.05) is 7.11 Å². The van der Waals surface area contributed by atoms with Crippen LogP contribution in [0.2, 0.25) is 0 Å². The molecule has 0 fully saturated rings. The molecule has 0 spiro atoms. The smallest absolute Gasteiger partial charge is 0.432 e. The number of esters is 1. The number of aliphatic hydroxyl groups is 1. The van der Waals surface area contributed by atoms with Gasteiger partial charge in [0.15, 0.2) is 0 Å². The predicted molar refractivity (Wildman–Crippen MR) is 82.4 cm³/mol. The molecular weight excluding hydrogens is 341 g/mol. The van der Waals surface area contributed by atoms with Crippen molar-refractivity contribution in [3.05, 3.63) is 51.9 Å². The summed E-state index contributed by atoms with van der Waals surface area (Å²) in [5.41, 5.74) is -6.30. The molecular formula is C16H17F3N2O4. The minimum Gasteiger partial charge on any atom is -0.466 e. The lowest BCUT2D eigenvalue weighted by Gasteiger charge is -2.27. The zero-order valence-electron chi connectivity index (χ0n) is 13.7. The molecule has 9 heteroatoms. The molecule has 1 aromatic heterocycles. The van der Waals surface area contributed by atoms with Crippen molar-refractivity contribution in [2.24, 2.45) is 0 Å². The number of halogens is 3. The number of rotatable bonds is 4. The highest BCUT2D eigenvalue weighted by Gasteiger charge is 2.65. The maximum absolute atomic E-state index is 13.5. The Bertz CT molecular complexity index is 824. The standard InChI is InChI=1S/C16H17F3N2O4/c1-9(2)12-11(15(24,14(23)25-3)16(17,18)19)13(22)21(20-12)10-7-5-4-6-8-10/h4-9,20,24H,1-3H3. The Morgan fingerprint density at radius 1 is 1.24 bits per heavy atom. The molecule has 0 saturated carbocycles. The van der Waals surface area contributed by atoms with Gasteiger partial charge in [-0.3, -0.25) is 9.89 Å². The molecule has 0 aliphatic carbocycles. The summed E-state index contributed by atoms with van der Waals surface area (Å²) in [5, 5.41) is 12.8. The number of carbonyl (C=O) groups is 1. The number of alkyl halides is 3. The van der Waals surface area contributed by atoms with Crippen LogP contribution in [-0.4, -0.2) is 34.1 Å². The molecule has 0 amide bonds. The van der Waals surface area contributed by atoms with E-state index in [-0.39, 0.29) is 11.4 Å². The van der Waals surface area contributed by atoms with E-state index in [1.807, 2.05) is 0 Å². The molecule has 2 rings (SSSR count). The molecule has 6 nitrogen and oxygen atoms in total. The lowest BCUT2D eigenvalue weighted by molar-refractivity contribution is -0.267. The summed E-state index contributed by atoms with van der Waals surface area (Å²) in [6.45, 7) is 3.05. The monoisotopic (exact) mass is 358 g/mol. The molecule has 0 bridgehead atoms. The zero-order chi connectivity index (χ0) is 19.0. The lowest BCUT2D eigenvalue weighted by Crippen LogP contribution is -2.52. The van der Waals surface area contributed by atoms with Crippen molar-refractivity contribution in [3.8, 4) is 5.69 Å². The number of nitrogens with zero attached hydrogens (tertiary/aromatic N) is 1. The molecule has 0 aliphatic rings. The van der Waals surface area contributed by atoms with Gasteiger partial charge in [0.25, 0.3) is 11.2 Å². The Morgan fingerprint density at radius 3 is 2.24 bits per heavy atom. The van der Waals surface area contributed by atoms with Gasteiger partial charge in [-0.1, -0.05) is 32.0 Å². The highest BCUT2D eigenvalue weighted by molar-refractivity contribution is 5.82. The van der Waals surface area contributed by atoms with Crippen LogP contribution < -0.4 is 5.56 Å². The number of aromatic amines is 1. The average Bonchev–Trinajstić information content (AvgIpc) is 2.91. The van der Waals surface area contributed by atoms with Crippen LogP contribution >= 0.6 is 0 Å². The maximum atomic E-state index is 13.5. The first kappa shape index (κ1) is 18.8. The number of aromatic nitrogens is 2. The van der Waals surface area contributed by atoms with Gasteiger partial charge < -0.3 is 9.84 Å². The Kier molecular flexibility index (Phi) is 4.81. The average molecular weight is 358 g/mol. The normalized spacial score (nSPS) is 14.4. The van der Waals surface area contributed by atoms with E-state index in [2.05, 4.69) is 9.84 Å². The minimum atomic E-state index is -5.44. The number of para-hydroxylation sites is 1. The van der Waals surface area contributed by atoms with Crippen LogP contribution in [0, 0.1) is 0 Å². The van der Waals surface area contributed by atoms with E-state index in [0.717, 1.165) is 4.68 Å². The van der Waals surface area contributed by atoms with Crippen molar-refractivity contribution < 1.29 is 27.8 Å². The maximum Gasteiger partial charge on any atom is 0.432 e. The number of carbonyl (C=O) groups excluding carboxylic acids is 1. The second kappa shape index (κ2) is 6.40. The third-order valence-corrected chi connectivity index (χ3v) is 3.76. The van der Waals surface area contributed by atoms with Gasteiger partial charge in [-0.2, -0.15) is 13.2 Å². The summed E-state index contributed by atoms with van der Waals surface area (Å²) >= 11 is 0. The quantitative estimate of drug-likeness (QED) is 0.821. The molecule has 1 aromatic carbocycles. The molecule has 1 unspecified atom stereocenters. The number of benzene rings is 1. The van der Waals surface area contributed by atoms with Crippen LogP contribution in [0.4, 0.5) is 13.2 Å². The molecule has 2 aromatic rings. The molecule has 0 aliphatic heterocycles. The van der Waals surface area contributed by atoms with E-state index in [4.69, 9.17) is 0 Å². The molecule has 1 heterocycles. The molecule has 0 saturated heterocycles. The lowest BCUT2D eigenvalue weighted by atomic mass is 9.90. The third kappa shape index (κ3) is 2.95. The summed E-state index contributed by atoms with van der Waals surface area (Å²) in [6, 6.07) is 7.84. The number of hydrogen-bond donors (Lipinski definition) is 2. The molecule has 25 heavy (non-hydrogen) atoms. The van der Waals surface area contributed by atoms with Crippen molar-refractivity contribution in [2.45, 2.75) is 31.5 Å². The summed E-state index contributed by atoms with van der Waals surface area (Å²) in [6.07, 6.45) is -5.44. The second-order valence-corrected chi connectivity index (χ2v) is 5.73. The van der Waals surface area contributed by atoms with Crippen LogP contribution in [0.15, 0.2) is 35.1 Å². The molecule has 1 atom stereocenters. The predicted octanol–water partition coefficient (Wildman–Crippen LogP) is 2.21. The number of hydrogen-bond acceptors (Lipinski definition) is 4. The van der Waals surface area contributed by atoms with Crippen molar-refractivity contribution >= 4 is 5.97 Å². The number of nitrogens with one attached hydrogen (secondary N) is 1. The van der Waals surface area contributed by atoms with Crippen LogP contribution in [0.25, 0.3) is 5.69 Å². The Hall–Kier alpha value is -2.55. The Morgan fingerprint density at radius 2 is 1.80 bits per heavy atom. The first-order chi connectivity index (χ1) is 11.6. The highest BCUT2D eigenvalue weighted by atomic mass is 19.4. The fraction of sp³-hybridized carbons (Fsp3) is 0.375. The fourth-order valence-corrected chi connectivity index (χ4v) is 2.49. The van der Waals surface area contributed by atoms with Gasteiger partial charge >= 0.3 is 12.1 Å². The van der Waals surface area contributed by atoms with E-state index in [1.54, 1.807) is 18.2 Å². The summed E-state index contributed by atoms with van der Waals surface area (Å²) in [4.78, 5) is 24.5. The summed E-state index contributed by atoms with van der Waals surface area (Å²) < 4.78 is 45.6. The van der Waals surface area contributed by atoms with Crippen molar-refractivity contribution in [1.82, 2.24) is 9.78 Å². The van der Waals surface area contributed by atoms with Gasteiger partial charge in [0, 0.05) is 5.69 Å². The molecule has 136 valence electrons. The number of methoxy groups -OCH3 is 1. The molecule has 2 N–H and O–H groups in total. The second-order valence-electron chi connectivity index (χ2n) is 5.73. The van der Waals surface area contributed by atoms with E-state index in [9.17, 15) is 27.9 Å². The van der Waals surface area contributed by atoms with Gasteiger partial charge in [0.2, 0.25) is 0 Å². The van der Waals surface area contributed by atoms with Crippen LogP contribution in [0.5, 0.6) is 0 Å². The third-order valence-electron chi connectivity index (χ3n) is 3.76. The van der Waals surface area contributed by atoms with Crippen LogP contribution in [-0.2, 0) is 15.1 Å². The van der Waals surface area contributed by atoms with Gasteiger partial charge in [-0.25, -0.2) is 9.48 Å².